The van der Waals surface area contributed by atoms with Gasteiger partial charge < -0.3 is 4.74 Å². The maximum absolute atomic E-state index is 14.0. The average Bonchev–Trinajstić information content (AvgIpc) is 3.46. The molecule has 3 aromatic rings. The van der Waals surface area contributed by atoms with Gasteiger partial charge in [0.25, 0.3) is 0 Å². The van der Waals surface area contributed by atoms with Crippen molar-refractivity contribution in [3.8, 4) is 5.75 Å². The van der Waals surface area contributed by atoms with Crippen LogP contribution in [-0.4, -0.2) is 17.5 Å². The summed E-state index contributed by atoms with van der Waals surface area (Å²) in [6.45, 7) is 1.86. The molecule has 0 radical (unpaired) electrons. The Morgan fingerprint density at radius 2 is 1.50 bits per heavy atom. The van der Waals surface area contributed by atoms with Crippen LogP contribution in [0.25, 0.3) is 0 Å². The number of fused-ring (bicyclic) bond motifs is 3. The summed E-state index contributed by atoms with van der Waals surface area (Å²) in [4.78, 5) is 41.6. The predicted octanol–water partition coefficient (Wildman–Crippen LogP) is 6.38. The van der Waals surface area contributed by atoms with Crippen LogP contribution in [0.15, 0.2) is 81.7 Å². The second-order valence-electron chi connectivity index (χ2n) is 8.17. The predicted molar refractivity (Wildman–Crippen MR) is 127 cm³/mol. The molecule has 2 aliphatic rings. The zero-order chi connectivity index (χ0) is 22.7. The summed E-state index contributed by atoms with van der Waals surface area (Å²) < 4.78 is 7.35. The third-order valence-electron chi connectivity index (χ3n) is 6.82. The van der Waals surface area contributed by atoms with Gasteiger partial charge in [-0.1, -0.05) is 81.2 Å². The van der Waals surface area contributed by atoms with Crippen molar-refractivity contribution in [1.82, 2.24) is 0 Å². The smallest absolute Gasteiger partial charge is 0.327 e. The fraction of sp³-hybridized carbons (Fsp3) is 0.192. The monoisotopic (exact) mass is 552 g/mol. The van der Waals surface area contributed by atoms with E-state index in [9.17, 15) is 14.4 Å². The SMILES string of the molecule is CCC1(C(=O)c2ccc(Br)cc2)C2c3cc(Br)ccc3OC(=O)C21C(=O)c1ccccc1. The van der Waals surface area contributed by atoms with Crippen molar-refractivity contribution in [3.63, 3.8) is 0 Å². The summed E-state index contributed by atoms with van der Waals surface area (Å²) in [7, 11) is 0. The number of esters is 1. The first-order chi connectivity index (χ1) is 15.4. The van der Waals surface area contributed by atoms with Gasteiger partial charge in [0.05, 0.1) is 5.41 Å². The molecule has 1 fully saturated rings. The number of carbonyl (C=O) groups is 3. The van der Waals surface area contributed by atoms with E-state index in [-0.39, 0.29) is 11.6 Å². The maximum Gasteiger partial charge on any atom is 0.327 e. The van der Waals surface area contributed by atoms with Gasteiger partial charge in [-0.05, 0) is 36.8 Å². The molecule has 1 saturated carbocycles. The lowest BCUT2D eigenvalue weighted by Crippen LogP contribution is -2.39. The molecule has 6 heteroatoms. The van der Waals surface area contributed by atoms with Gasteiger partial charge in [0.15, 0.2) is 17.0 Å². The van der Waals surface area contributed by atoms with Gasteiger partial charge >= 0.3 is 5.97 Å². The summed E-state index contributed by atoms with van der Waals surface area (Å²) >= 11 is 6.88. The molecule has 0 N–H and O–H groups in total. The number of rotatable bonds is 5. The Hall–Kier alpha value is -2.57. The summed E-state index contributed by atoms with van der Waals surface area (Å²) in [5.41, 5.74) is -1.26. The molecule has 3 atom stereocenters. The zero-order valence-corrected chi connectivity index (χ0v) is 20.3. The van der Waals surface area contributed by atoms with Gasteiger partial charge in [-0.15, -0.1) is 0 Å². The molecule has 0 aromatic heterocycles. The van der Waals surface area contributed by atoms with Gasteiger partial charge in [0.1, 0.15) is 5.75 Å². The molecule has 160 valence electrons. The van der Waals surface area contributed by atoms with E-state index in [1.54, 1.807) is 60.7 Å². The number of ether oxygens (including phenoxy) is 1. The van der Waals surface area contributed by atoms with Crippen LogP contribution in [0.4, 0.5) is 0 Å². The Bertz CT molecular complexity index is 1270. The number of Topliss-reactive ketones (excluding diaryl/α,β-unsaturated/α-hetero) is 2. The molecule has 0 bridgehead atoms. The lowest BCUT2D eigenvalue weighted by molar-refractivity contribution is -0.140. The lowest BCUT2D eigenvalue weighted by atomic mass is 9.79. The molecular weight excluding hydrogens is 536 g/mol. The van der Waals surface area contributed by atoms with E-state index in [1.165, 1.54) is 0 Å². The number of hydrogen-bond acceptors (Lipinski definition) is 4. The molecule has 1 aliphatic heterocycles. The normalized spacial score (nSPS) is 25.3. The van der Waals surface area contributed by atoms with Crippen molar-refractivity contribution in [3.05, 3.63) is 98.4 Å². The third-order valence-corrected chi connectivity index (χ3v) is 7.84. The van der Waals surface area contributed by atoms with Gasteiger partial charge in [-0.3, -0.25) is 14.4 Å². The van der Waals surface area contributed by atoms with Gasteiger partial charge in [-0.2, -0.15) is 0 Å². The minimum Gasteiger partial charge on any atom is -0.425 e. The van der Waals surface area contributed by atoms with Crippen LogP contribution in [-0.2, 0) is 4.79 Å². The summed E-state index contributed by atoms with van der Waals surface area (Å²) in [6.07, 6.45) is 0.326. The quantitative estimate of drug-likeness (QED) is 0.159. The molecule has 4 nitrogen and oxygen atoms in total. The Morgan fingerprint density at radius 1 is 0.875 bits per heavy atom. The van der Waals surface area contributed by atoms with Crippen molar-refractivity contribution in [2.24, 2.45) is 10.8 Å². The van der Waals surface area contributed by atoms with Crippen LogP contribution in [0.2, 0.25) is 0 Å². The Kier molecular flexibility index (Phi) is 4.98. The highest BCUT2D eigenvalue weighted by atomic mass is 79.9. The van der Waals surface area contributed by atoms with Gasteiger partial charge in [-0.25, -0.2) is 0 Å². The summed E-state index contributed by atoms with van der Waals surface area (Å²) in [6, 6.07) is 21.0. The van der Waals surface area contributed by atoms with E-state index < -0.39 is 22.7 Å². The Balaban J connectivity index is 1.76. The second-order valence-corrected chi connectivity index (χ2v) is 10.0. The van der Waals surface area contributed by atoms with Crippen LogP contribution < -0.4 is 4.74 Å². The van der Waals surface area contributed by atoms with Crippen molar-refractivity contribution in [2.45, 2.75) is 19.3 Å². The largest absolute Gasteiger partial charge is 0.425 e. The van der Waals surface area contributed by atoms with Crippen molar-refractivity contribution < 1.29 is 19.1 Å². The van der Waals surface area contributed by atoms with Crippen LogP contribution in [0.5, 0.6) is 5.75 Å². The van der Waals surface area contributed by atoms with Gasteiger partial charge in [0, 0.05) is 31.6 Å². The molecule has 1 aliphatic carbocycles. The molecule has 3 unspecified atom stereocenters. The van der Waals surface area contributed by atoms with Crippen molar-refractivity contribution in [1.29, 1.82) is 0 Å². The molecule has 3 aromatic carbocycles. The highest BCUT2D eigenvalue weighted by Crippen LogP contribution is 2.80. The second kappa shape index (κ2) is 7.49. The number of carbonyl (C=O) groups excluding carboxylic acids is 3. The topological polar surface area (TPSA) is 60.4 Å². The fourth-order valence-electron chi connectivity index (χ4n) is 5.41. The number of ketones is 2. The lowest BCUT2D eigenvalue weighted by Gasteiger charge is -2.23. The van der Waals surface area contributed by atoms with E-state index in [2.05, 4.69) is 31.9 Å². The standard InChI is InChI=1S/C26H18Br2O4/c1-2-25(22(29)16-8-10-17(27)11-9-16)21-19-14-18(28)12-13-20(19)32-24(31)26(21,25)23(30)15-6-4-3-5-7-15/h3-14,21H,2H2,1H3. The molecule has 32 heavy (non-hydrogen) atoms. The molecule has 0 spiro atoms. The van der Waals surface area contributed by atoms with Crippen molar-refractivity contribution in [2.75, 3.05) is 0 Å². The minimum atomic E-state index is -1.60. The average molecular weight is 554 g/mol. The van der Waals surface area contributed by atoms with Crippen LogP contribution in [0.1, 0.15) is 45.5 Å². The van der Waals surface area contributed by atoms with Crippen molar-refractivity contribution >= 4 is 49.4 Å². The first-order valence-electron chi connectivity index (χ1n) is 10.3. The molecule has 0 amide bonds. The third kappa shape index (κ3) is 2.69. The molecular formula is C26H18Br2O4. The Morgan fingerprint density at radius 3 is 2.16 bits per heavy atom. The van der Waals surface area contributed by atoms with E-state index in [0.29, 0.717) is 28.9 Å². The number of hydrogen-bond donors (Lipinski definition) is 0. The maximum atomic E-state index is 14.0. The van der Waals surface area contributed by atoms with E-state index in [4.69, 9.17) is 4.74 Å². The van der Waals surface area contributed by atoms with E-state index in [0.717, 1.165) is 8.95 Å². The zero-order valence-electron chi connectivity index (χ0n) is 17.1. The van der Waals surface area contributed by atoms with Crippen LogP contribution in [0.3, 0.4) is 0 Å². The van der Waals surface area contributed by atoms with Crippen LogP contribution >= 0.6 is 31.9 Å². The summed E-state index contributed by atoms with van der Waals surface area (Å²) in [5, 5.41) is 0. The van der Waals surface area contributed by atoms with Gasteiger partial charge in [0.2, 0.25) is 0 Å². The highest BCUT2D eigenvalue weighted by molar-refractivity contribution is 9.10. The van der Waals surface area contributed by atoms with Crippen LogP contribution in [0, 0.1) is 10.8 Å². The molecule has 5 rings (SSSR count). The summed E-state index contributed by atoms with van der Waals surface area (Å²) in [5.74, 6) is -1.44. The minimum absolute atomic E-state index is 0.216. The first kappa shape index (κ1) is 21.3. The van der Waals surface area contributed by atoms with E-state index in [1.807, 2.05) is 19.1 Å². The molecule has 0 saturated heterocycles. The number of benzene rings is 3. The first-order valence-corrected chi connectivity index (χ1v) is 11.9. The Labute approximate surface area is 202 Å². The van der Waals surface area contributed by atoms with E-state index >= 15 is 0 Å². The fourth-order valence-corrected chi connectivity index (χ4v) is 6.05. The number of halogens is 2. The molecule has 1 heterocycles. The highest BCUT2D eigenvalue weighted by Gasteiger charge is 2.88.